The van der Waals surface area contributed by atoms with Crippen LogP contribution in [0.2, 0.25) is 0 Å². The maximum absolute atomic E-state index is 14.5. The van der Waals surface area contributed by atoms with Crippen LogP contribution in [-0.4, -0.2) is 113 Å². The molecule has 1 saturated carbocycles. The number of likely N-dealkylation sites (N-methyl/N-ethyl adjacent to an activating group) is 1. The number of benzene rings is 1. The molecule has 5 aliphatic rings. The first-order chi connectivity index (χ1) is 31.4. The van der Waals surface area contributed by atoms with Crippen molar-refractivity contribution >= 4 is 45.7 Å². The van der Waals surface area contributed by atoms with Crippen LogP contribution in [0.5, 0.6) is 0 Å². The summed E-state index contributed by atoms with van der Waals surface area (Å²) in [5, 5.41) is 8.65. The lowest BCUT2D eigenvalue weighted by atomic mass is 9.84. The van der Waals surface area contributed by atoms with E-state index in [2.05, 4.69) is 81.5 Å². The third-order valence-corrected chi connectivity index (χ3v) is 15.2. The Bertz CT molecular complexity index is 2650. The lowest BCUT2D eigenvalue weighted by Gasteiger charge is -2.35. The highest BCUT2D eigenvalue weighted by atomic mass is 32.1. The number of amides is 2. The van der Waals surface area contributed by atoms with Crippen molar-refractivity contribution in [1.29, 1.82) is 0 Å². The summed E-state index contributed by atoms with van der Waals surface area (Å²) in [6, 6.07) is 9.26. The van der Waals surface area contributed by atoms with E-state index in [1.165, 1.54) is 33.0 Å². The molecule has 1 aliphatic carbocycles. The third kappa shape index (κ3) is 8.56. The molecule has 15 heteroatoms. The molecule has 6 bridgehead atoms. The van der Waals surface area contributed by atoms with Crippen LogP contribution in [0.15, 0.2) is 48.1 Å². The van der Waals surface area contributed by atoms with Gasteiger partial charge in [-0.1, -0.05) is 19.9 Å². The van der Waals surface area contributed by atoms with Crippen LogP contribution < -0.4 is 15.6 Å². The summed E-state index contributed by atoms with van der Waals surface area (Å²) in [5.74, 6) is -1.03. The first kappa shape index (κ1) is 43.7. The quantitative estimate of drug-likeness (QED) is 0.175. The maximum atomic E-state index is 14.5. The number of hydrogen-bond acceptors (Lipinski definition) is 12. The SMILES string of the molecule is CO[C@@H](C)c1ncc(N2CCN(C)CC2)cc1-c1c2c3cc(cc4c3n1CCC4)-c1csc(n1)C[C@H](NC(=O)[C@@H]1C[C@H]1c1cccnc1C)C(=O)N1CCC[C@H](N1)C(=O)OCC(C)(C)C2. The summed E-state index contributed by atoms with van der Waals surface area (Å²) in [6.07, 6.45) is 8.14. The molecule has 4 aromatic heterocycles. The molecule has 342 valence electrons. The second-order valence-electron chi connectivity index (χ2n) is 19.7. The number of ether oxygens (including phenoxy) is 2. The Morgan fingerprint density at radius 1 is 1.08 bits per heavy atom. The van der Waals surface area contributed by atoms with Gasteiger partial charge in [-0.2, -0.15) is 0 Å². The zero-order chi connectivity index (χ0) is 45.1. The zero-order valence-corrected chi connectivity index (χ0v) is 39.3. The van der Waals surface area contributed by atoms with Crippen molar-refractivity contribution in [1.82, 2.24) is 40.2 Å². The molecule has 4 aliphatic heterocycles. The Morgan fingerprint density at radius 2 is 1.91 bits per heavy atom. The number of nitrogens with one attached hydrogen (secondary N) is 2. The number of anilines is 1. The van der Waals surface area contributed by atoms with Crippen molar-refractivity contribution < 1.29 is 23.9 Å². The number of methoxy groups -OCH3 is 1. The highest BCUT2D eigenvalue weighted by molar-refractivity contribution is 7.10. The van der Waals surface area contributed by atoms with E-state index in [0.29, 0.717) is 32.2 Å². The van der Waals surface area contributed by atoms with Crippen LogP contribution in [0.1, 0.15) is 91.6 Å². The number of esters is 1. The van der Waals surface area contributed by atoms with E-state index in [9.17, 15) is 14.4 Å². The standard InChI is InChI=1S/C50H61N9O5S/c1-29-34(11-7-13-51-29)35-23-37(35)47(60)54-41-24-43-53-42(27-65-43)32-20-31-10-8-14-58-45(31)36(21-32)39(25-50(3,4)28-64-49(62)40-12-9-15-59(55-40)48(41)61)46(58)38-22-33(26-52-44(38)30(2)63-6)57-18-16-56(5)17-19-57/h7,11,13,20-22,26-27,30,35,37,40-41,55H,8-10,12,14-19,23-25,28H2,1-6H3,(H,54,60)/t30-,35-,37+,40-,41-/m0/s1. The van der Waals surface area contributed by atoms with Crippen molar-refractivity contribution in [2.24, 2.45) is 11.3 Å². The van der Waals surface area contributed by atoms with Crippen LogP contribution in [0.25, 0.3) is 33.4 Å². The Kier molecular flexibility index (Phi) is 11.8. The van der Waals surface area contributed by atoms with Crippen LogP contribution >= 0.6 is 11.3 Å². The number of aryl methyl sites for hydroxylation is 3. The second-order valence-corrected chi connectivity index (χ2v) is 20.6. The lowest BCUT2D eigenvalue weighted by Crippen LogP contribution is -2.60. The topological polar surface area (TPSA) is 147 Å². The molecule has 0 radical (unpaired) electrons. The number of pyridine rings is 2. The van der Waals surface area contributed by atoms with Gasteiger partial charge in [-0.15, -0.1) is 11.3 Å². The fourth-order valence-electron chi connectivity index (χ4n) is 10.6. The third-order valence-electron chi connectivity index (χ3n) is 14.3. The number of cyclic esters (lactones) is 1. The average Bonchev–Trinajstić information content (AvgIpc) is 3.87. The van der Waals surface area contributed by atoms with Gasteiger partial charge in [0.15, 0.2) is 0 Å². The van der Waals surface area contributed by atoms with Crippen LogP contribution in [0.3, 0.4) is 0 Å². The van der Waals surface area contributed by atoms with E-state index >= 15 is 0 Å². The van der Waals surface area contributed by atoms with Gasteiger partial charge in [-0.25, -0.2) is 10.4 Å². The Balaban J connectivity index is 1.07. The molecule has 5 atom stereocenters. The van der Waals surface area contributed by atoms with Crippen LogP contribution in [0.4, 0.5) is 5.69 Å². The second kappa shape index (κ2) is 17.5. The number of carbonyl (C=O) groups is 3. The summed E-state index contributed by atoms with van der Waals surface area (Å²) >= 11 is 1.51. The molecule has 2 amide bonds. The fraction of sp³-hybridized carbons (Fsp3) is 0.520. The average molecular weight is 900 g/mol. The molecule has 2 saturated heterocycles. The molecule has 2 N–H and O–H groups in total. The predicted octanol–water partition coefficient (Wildman–Crippen LogP) is 6.39. The largest absolute Gasteiger partial charge is 0.464 e. The molecule has 10 rings (SSSR count). The predicted molar refractivity (Wildman–Crippen MR) is 252 cm³/mol. The minimum atomic E-state index is -0.886. The number of piperazine rings is 1. The van der Waals surface area contributed by atoms with Gasteiger partial charge in [0.05, 0.1) is 52.2 Å². The number of rotatable bonds is 7. The first-order valence-corrected chi connectivity index (χ1v) is 24.3. The van der Waals surface area contributed by atoms with Crippen molar-refractivity contribution in [3.63, 3.8) is 0 Å². The number of aromatic nitrogens is 4. The van der Waals surface area contributed by atoms with Crippen molar-refractivity contribution in [2.45, 2.75) is 103 Å². The molecule has 8 heterocycles. The summed E-state index contributed by atoms with van der Waals surface area (Å²) in [5.41, 5.74) is 14.5. The van der Waals surface area contributed by atoms with Gasteiger partial charge in [0.1, 0.15) is 12.1 Å². The van der Waals surface area contributed by atoms with E-state index in [-0.39, 0.29) is 48.8 Å². The molecular formula is C50H61N9O5S. The Morgan fingerprint density at radius 3 is 2.71 bits per heavy atom. The van der Waals surface area contributed by atoms with Gasteiger partial charge in [0.2, 0.25) is 5.91 Å². The number of carbonyl (C=O) groups excluding carboxylic acids is 3. The summed E-state index contributed by atoms with van der Waals surface area (Å²) in [7, 11) is 3.92. The number of hydrazine groups is 1. The molecule has 5 aromatic rings. The van der Waals surface area contributed by atoms with Gasteiger partial charge in [-0.05, 0) is 106 Å². The molecule has 0 spiro atoms. The van der Waals surface area contributed by atoms with E-state index < -0.39 is 17.5 Å². The van der Waals surface area contributed by atoms with Gasteiger partial charge < -0.3 is 29.2 Å². The Hall–Kier alpha value is -5.22. The van der Waals surface area contributed by atoms with Crippen molar-refractivity contribution in [3.05, 3.63) is 81.2 Å². The van der Waals surface area contributed by atoms with Gasteiger partial charge in [0, 0.05) is 97.9 Å². The van der Waals surface area contributed by atoms with Crippen LogP contribution in [-0.2, 0) is 49.7 Å². The highest BCUT2D eigenvalue weighted by Crippen LogP contribution is 2.49. The van der Waals surface area contributed by atoms with Crippen molar-refractivity contribution in [2.75, 3.05) is 58.4 Å². The summed E-state index contributed by atoms with van der Waals surface area (Å²) in [4.78, 5) is 62.1. The molecule has 1 aromatic carbocycles. The van der Waals surface area contributed by atoms with Crippen LogP contribution in [0, 0.1) is 18.3 Å². The first-order valence-electron chi connectivity index (χ1n) is 23.4. The highest BCUT2D eigenvalue weighted by Gasteiger charge is 2.46. The normalized spacial score (nSPS) is 24.1. The lowest BCUT2D eigenvalue weighted by molar-refractivity contribution is -0.155. The number of thiazole rings is 1. The van der Waals surface area contributed by atoms with E-state index in [1.807, 2.05) is 25.3 Å². The molecule has 0 unspecified atom stereocenters. The number of fused-ring (bicyclic) bond motifs is 6. The summed E-state index contributed by atoms with van der Waals surface area (Å²) < 4.78 is 14.7. The van der Waals surface area contributed by atoms with Gasteiger partial charge in [-0.3, -0.25) is 29.4 Å². The molecule has 65 heavy (non-hydrogen) atoms. The van der Waals surface area contributed by atoms with Crippen molar-refractivity contribution in [3.8, 4) is 22.5 Å². The number of hydrogen-bond donors (Lipinski definition) is 2. The fourth-order valence-corrected chi connectivity index (χ4v) is 11.4. The smallest absolute Gasteiger partial charge is 0.324 e. The van der Waals surface area contributed by atoms with E-state index in [4.69, 9.17) is 19.4 Å². The Labute approximate surface area is 385 Å². The van der Waals surface area contributed by atoms with E-state index in [0.717, 1.165) is 101 Å². The monoisotopic (exact) mass is 899 g/mol. The minimum Gasteiger partial charge on any atom is -0.464 e. The molecule has 3 fully saturated rings. The zero-order valence-electron chi connectivity index (χ0n) is 38.5. The summed E-state index contributed by atoms with van der Waals surface area (Å²) in [6.45, 7) is 13.6. The van der Waals surface area contributed by atoms with Gasteiger partial charge >= 0.3 is 5.97 Å². The van der Waals surface area contributed by atoms with Gasteiger partial charge in [0.25, 0.3) is 5.91 Å². The minimum absolute atomic E-state index is 0.0596. The maximum Gasteiger partial charge on any atom is 0.324 e. The van der Waals surface area contributed by atoms with E-state index in [1.54, 1.807) is 13.3 Å². The molecule has 14 nitrogen and oxygen atoms in total. The molecular weight excluding hydrogens is 839 g/mol. The number of nitrogens with zero attached hydrogens (tertiary/aromatic N) is 7.